The van der Waals surface area contributed by atoms with Crippen LogP contribution in [-0.2, 0) is 9.59 Å². The van der Waals surface area contributed by atoms with Crippen LogP contribution in [0.2, 0.25) is 0 Å². The molecule has 1 aliphatic heterocycles. The molecule has 2 atom stereocenters. The fraction of sp³-hybridized carbons (Fsp3) is 0.333. The lowest BCUT2D eigenvalue weighted by molar-refractivity contribution is -0.122. The summed E-state index contributed by atoms with van der Waals surface area (Å²) in [4.78, 5) is 24.7. The average Bonchev–Trinajstić information content (AvgIpc) is 2.48. The van der Waals surface area contributed by atoms with E-state index in [1.165, 1.54) is 12.1 Å². The van der Waals surface area contributed by atoms with Crippen LogP contribution in [0.25, 0.3) is 0 Å². The molecule has 1 aromatic rings. The molecule has 0 saturated carbocycles. The maximum Gasteiger partial charge on any atom is 0.237 e. The van der Waals surface area contributed by atoms with Crippen molar-refractivity contribution in [2.45, 2.75) is 13.8 Å². The van der Waals surface area contributed by atoms with E-state index in [4.69, 9.17) is 5.73 Å². The van der Waals surface area contributed by atoms with Gasteiger partial charge in [0.2, 0.25) is 11.8 Å². The molecular weight excluding hydrogens is 223 g/mol. The number of halogens is 1. The molecular formula is C12H13FN2O2. The Morgan fingerprint density at radius 2 is 1.71 bits per heavy atom. The number of carbonyl (C=O) groups excluding carboxylic acids is 2. The lowest BCUT2D eigenvalue weighted by Crippen LogP contribution is -2.31. The van der Waals surface area contributed by atoms with Crippen molar-refractivity contribution >= 4 is 23.2 Å². The number of carbonyl (C=O) groups is 2. The average molecular weight is 236 g/mol. The van der Waals surface area contributed by atoms with Gasteiger partial charge in [0.15, 0.2) is 0 Å². The Kier molecular flexibility index (Phi) is 2.61. The van der Waals surface area contributed by atoms with Gasteiger partial charge in [-0.05, 0) is 18.2 Å². The molecule has 90 valence electrons. The second-order valence-electron chi connectivity index (χ2n) is 4.30. The molecule has 17 heavy (non-hydrogen) atoms. The topological polar surface area (TPSA) is 63.4 Å². The molecule has 4 nitrogen and oxygen atoms in total. The quantitative estimate of drug-likeness (QED) is 0.594. The van der Waals surface area contributed by atoms with Gasteiger partial charge in [0.25, 0.3) is 0 Å². The maximum atomic E-state index is 13.6. The number of benzene rings is 1. The summed E-state index contributed by atoms with van der Waals surface area (Å²) < 4.78 is 13.6. The van der Waals surface area contributed by atoms with Crippen molar-refractivity contribution in [3.63, 3.8) is 0 Å². The van der Waals surface area contributed by atoms with Gasteiger partial charge in [-0.1, -0.05) is 13.8 Å². The van der Waals surface area contributed by atoms with Gasteiger partial charge in [-0.25, -0.2) is 9.29 Å². The second-order valence-corrected chi connectivity index (χ2v) is 4.30. The Morgan fingerprint density at radius 1 is 1.18 bits per heavy atom. The highest BCUT2D eigenvalue weighted by Crippen LogP contribution is 2.32. The van der Waals surface area contributed by atoms with Crippen molar-refractivity contribution < 1.29 is 14.0 Å². The predicted octanol–water partition coefficient (Wildman–Crippen LogP) is 1.55. The number of hydrogen-bond acceptors (Lipinski definition) is 3. The largest absolute Gasteiger partial charge is 0.399 e. The fourth-order valence-electron chi connectivity index (χ4n) is 1.88. The third-order valence-corrected chi connectivity index (χ3v) is 3.18. The lowest BCUT2D eigenvalue weighted by atomic mass is 10.00. The van der Waals surface area contributed by atoms with Crippen LogP contribution < -0.4 is 10.6 Å². The van der Waals surface area contributed by atoms with Crippen molar-refractivity contribution in [1.29, 1.82) is 0 Å². The molecule has 1 fully saturated rings. The van der Waals surface area contributed by atoms with Gasteiger partial charge in [-0.15, -0.1) is 0 Å². The van der Waals surface area contributed by atoms with Gasteiger partial charge >= 0.3 is 0 Å². The van der Waals surface area contributed by atoms with E-state index >= 15 is 0 Å². The first-order chi connectivity index (χ1) is 7.93. The zero-order chi connectivity index (χ0) is 12.7. The summed E-state index contributed by atoms with van der Waals surface area (Å²) in [6.45, 7) is 3.32. The number of nitrogens with zero attached hydrogens (tertiary/aromatic N) is 1. The number of nitrogens with two attached hydrogens (primary N) is 1. The number of amides is 2. The van der Waals surface area contributed by atoms with Crippen LogP contribution >= 0.6 is 0 Å². The molecule has 5 heteroatoms. The van der Waals surface area contributed by atoms with Gasteiger partial charge in [0, 0.05) is 17.5 Å². The summed E-state index contributed by atoms with van der Waals surface area (Å²) in [6, 6.07) is 3.84. The van der Waals surface area contributed by atoms with E-state index in [2.05, 4.69) is 0 Å². The van der Waals surface area contributed by atoms with E-state index in [9.17, 15) is 14.0 Å². The third kappa shape index (κ3) is 1.67. The Balaban J connectivity index is 2.50. The Morgan fingerprint density at radius 3 is 2.24 bits per heavy atom. The normalized spacial score (nSPS) is 24.5. The SMILES string of the molecule is CC1C(=O)N(c2cc(N)ccc2F)C(=O)C1C. The molecule has 0 spiro atoms. The van der Waals surface area contributed by atoms with Crippen LogP contribution in [-0.4, -0.2) is 11.8 Å². The highest BCUT2D eigenvalue weighted by Gasteiger charge is 2.43. The zero-order valence-electron chi connectivity index (χ0n) is 9.61. The first kappa shape index (κ1) is 11.6. The van der Waals surface area contributed by atoms with Gasteiger partial charge in [-0.3, -0.25) is 9.59 Å². The van der Waals surface area contributed by atoms with E-state index in [0.717, 1.165) is 11.0 Å². The summed E-state index contributed by atoms with van der Waals surface area (Å²) in [7, 11) is 0. The van der Waals surface area contributed by atoms with E-state index in [0.29, 0.717) is 5.69 Å². The van der Waals surface area contributed by atoms with Gasteiger partial charge in [0.1, 0.15) is 5.82 Å². The number of imide groups is 1. The minimum Gasteiger partial charge on any atom is -0.399 e. The third-order valence-electron chi connectivity index (χ3n) is 3.18. The molecule has 0 radical (unpaired) electrons. The highest BCUT2D eigenvalue weighted by molar-refractivity contribution is 6.21. The molecule has 2 N–H and O–H groups in total. The van der Waals surface area contributed by atoms with Crippen LogP contribution in [0.4, 0.5) is 15.8 Å². The van der Waals surface area contributed by atoms with Crippen molar-refractivity contribution in [3.8, 4) is 0 Å². The monoisotopic (exact) mass is 236 g/mol. The molecule has 2 amide bonds. The van der Waals surface area contributed by atoms with Crippen LogP contribution in [0.3, 0.4) is 0 Å². The van der Waals surface area contributed by atoms with Gasteiger partial charge < -0.3 is 5.73 Å². The van der Waals surface area contributed by atoms with Crippen LogP contribution in [0, 0.1) is 17.7 Å². The van der Waals surface area contributed by atoms with E-state index in [-0.39, 0.29) is 17.5 Å². The lowest BCUT2D eigenvalue weighted by Gasteiger charge is -2.15. The molecule has 1 aromatic carbocycles. The first-order valence-electron chi connectivity index (χ1n) is 5.36. The van der Waals surface area contributed by atoms with Crippen LogP contribution in [0.1, 0.15) is 13.8 Å². The number of nitrogen functional groups attached to an aromatic ring is 1. The Hall–Kier alpha value is -1.91. The van der Waals surface area contributed by atoms with E-state index in [1.54, 1.807) is 13.8 Å². The van der Waals surface area contributed by atoms with Gasteiger partial charge in [-0.2, -0.15) is 0 Å². The minimum absolute atomic E-state index is 0.0591. The van der Waals surface area contributed by atoms with Crippen molar-refractivity contribution in [1.82, 2.24) is 0 Å². The summed E-state index contributed by atoms with van der Waals surface area (Å²) in [5.41, 5.74) is 5.79. The van der Waals surface area contributed by atoms with Crippen LogP contribution in [0.5, 0.6) is 0 Å². The molecule has 0 aliphatic carbocycles. The number of anilines is 2. The summed E-state index contributed by atoms with van der Waals surface area (Å²) >= 11 is 0. The van der Waals surface area contributed by atoms with Crippen molar-refractivity contribution in [2.75, 3.05) is 10.6 Å². The summed E-state index contributed by atoms with van der Waals surface area (Å²) in [5, 5.41) is 0. The van der Waals surface area contributed by atoms with Crippen LogP contribution in [0.15, 0.2) is 18.2 Å². The molecule has 2 unspecified atom stereocenters. The maximum absolute atomic E-state index is 13.6. The smallest absolute Gasteiger partial charge is 0.237 e. The summed E-state index contributed by atoms with van der Waals surface area (Å²) in [6.07, 6.45) is 0. The second kappa shape index (κ2) is 3.84. The molecule has 2 rings (SSSR count). The minimum atomic E-state index is -0.623. The Labute approximate surface area is 98.2 Å². The number of rotatable bonds is 1. The molecule has 1 saturated heterocycles. The van der Waals surface area contributed by atoms with Gasteiger partial charge in [0.05, 0.1) is 5.69 Å². The number of hydrogen-bond donors (Lipinski definition) is 1. The molecule has 0 aromatic heterocycles. The molecule has 0 bridgehead atoms. The highest BCUT2D eigenvalue weighted by atomic mass is 19.1. The molecule has 1 heterocycles. The van der Waals surface area contributed by atoms with E-state index in [1.807, 2.05) is 0 Å². The van der Waals surface area contributed by atoms with Crippen molar-refractivity contribution in [2.24, 2.45) is 11.8 Å². The van der Waals surface area contributed by atoms with Crippen molar-refractivity contribution in [3.05, 3.63) is 24.0 Å². The first-order valence-corrected chi connectivity index (χ1v) is 5.36. The zero-order valence-corrected chi connectivity index (χ0v) is 9.61. The summed E-state index contributed by atoms with van der Waals surface area (Å²) in [5.74, 6) is -2.24. The molecule has 1 aliphatic rings. The fourth-order valence-corrected chi connectivity index (χ4v) is 1.88. The van der Waals surface area contributed by atoms with E-state index < -0.39 is 17.7 Å². The standard InChI is InChI=1S/C12H13FN2O2/c1-6-7(2)12(17)15(11(6)16)10-5-8(14)3-4-9(10)13/h3-7H,14H2,1-2H3. The Bertz CT molecular complexity index is 481. The predicted molar refractivity (Wildman–Crippen MR) is 61.6 cm³/mol.